The van der Waals surface area contributed by atoms with Crippen LogP contribution in [0.1, 0.15) is 37.3 Å². The molecule has 4 heteroatoms. The van der Waals surface area contributed by atoms with Crippen molar-refractivity contribution in [2.75, 3.05) is 6.79 Å². The third-order valence-corrected chi connectivity index (χ3v) is 3.03. The maximum Gasteiger partial charge on any atom is 0.303 e. The molecular formula is C13H16O4. The summed E-state index contributed by atoms with van der Waals surface area (Å²) in [5.74, 6) is 0.678. The van der Waals surface area contributed by atoms with Crippen molar-refractivity contribution in [2.24, 2.45) is 0 Å². The third kappa shape index (κ3) is 2.35. The second-order valence-corrected chi connectivity index (χ2v) is 4.26. The summed E-state index contributed by atoms with van der Waals surface area (Å²) in [7, 11) is 0. The molecule has 1 heterocycles. The molecule has 0 fully saturated rings. The molecule has 92 valence electrons. The zero-order chi connectivity index (χ0) is 12.4. The number of carboxylic acids is 1. The molecule has 4 nitrogen and oxygen atoms in total. The molecule has 0 aromatic heterocycles. The lowest BCUT2D eigenvalue weighted by molar-refractivity contribution is -0.137. The molecule has 1 aromatic carbocycles. The minimum Gasteiger partial charge on any atom is -0.481 e. The predicted molar refractivity (Wildman–Crippen MR) is 62.6 cm³/mol. The second kappa shape index (κ2) is 4.65. The first kappa shape index (κ1) is 11.8. The van der Waals surface area contributed by atoms with Crippen LogP contribution >= 0.6 is 0 Å². The van der Waals surface area contributed by atoms with Crippen LogP contribution in [0.25, 0.3) is 0 Å². The first-order valence-electron chi connectivity index (χ1n) is 5.76. The van der Waals surface area contributed by atoms with Gasteiger partial charge in [0, 0.05) is 0 Å². The minimum absolute atomic E-state index is 0.0167. The Hall–Kier alpha value is -1.71. The fourth-order valence-corrected chi connectivity index (χ4v) is 2.14. The molecular weight excluding hydrogens is 220 g/mol. The van der Waals surface area contributed by atoms with Gasteiger partial charge in [-0.3, -0.25) is 4.79 Å². The van der Waals surface area contributed by atoms with Crippen LogP contribution in [-0.4, -0.2) is 17.9 Å². The monoisotopic (exact) mass is 236 g/mol. The Balaban J connectivity index is 2.35. The van der Waals surface area contributed by atoms with Crippen LogP contribution < -0.4 is 9.47 Å². The van der Waals surface area contributed by atoms with Gasteiger partial charge in [0.05, 0.1) is 6.42 Å². The van der Waals surface area contributed by atoms with Gasteiger partial charge in [-0.05, 0) is 35.6 Å². The molecule has 17 heavy (non-hydrogen) atoms. The Labute approximate surface area is 100 Å². The zero-order valence-electron chi connectivity index (χ0n) is 10.0. The van der Waals surface area contributed by atoms with E-state index in [1.165, 1.54) is 0 Å². The molecule has 1 aliphatic heterocycles. The topological polar surface area (TPSA) is 55.8 Å². The highest BCUT2D eigenvalue weighted by Crippen LogP contribution is 2.38. The lowest BCUT2D eigenvalue weighted by Crippen LogP contribution is -2.05. The molecule has 0 saturated heterocycles. The molecule has 1 aliphatic rings. The standard InChI is InChI=1S/C13H16O4/c1-3-9-5-11-12(17-7-16-11)6-10(9)8(2)4-13(14)15/h5-6,8H,3-4,7H2,1-2H3,(H,14,15). The number of aryl methyl sites for hydroxylation is 1. The van der Waals surface area contributed by atoms with E-state index in [4.69, 9.17) is 14.6 Å². The van der Waals surface area contributed by atoms with Crippen LogP contribution in [0.15, 0.2) is 12.1 Å². The molecule has 0 aliphatic carbocycles. The maximum atomic E-state index is 10.8. The van der Waals surface area contributed by atoms with Crippen molar-refractivity contribution < 1.29 is 19.4 Å². The molecule has 0 spiro atoms. The molecule has 0 radical (unpaired) electrons. The number of carbonyl (C=O) groups is 1. The van der Waals surface area contributed by atoms with Crippen LogP contribution in [-0.2, 0) is 11.2 Å². The number of carboxylic acid groups (broad SMARTS) is 1. The first-order valence-corrected chi connectivity index (χ1v) is 5.76. The Bertz CT molecular complexity index is 439. The van der Waals surface area contributed by atoms with E-state index in [9.17, 15) is 4.79 Å². The van der Waals surface area contributed by atoms with Gasteiger partial charge in [0.25, 0.3) is 0 Å². The van der Waals surface area contributed by atoms with Crippen molar-refractivity contribution in [3.63, 3.8) is 0 Å². The maximum absolute atomic E-state index is 10.8. The highest BCUT2D eigenvalue weighted by Gasteiger charge is 2.20. The summed E-state index contributed by atoms with van der Waals surface area (Å²) in [5.41, 5.74) is 2.17. The zero-order valence-corrected chi connectivity index (χ0v) is 10.0. The number of aliphatic carboxylic acids is 1. The van der Waals surface area contributed by atoms with Crippen molar-refractivity contribution in [2.45, 2.75) is 32.6 Å². The molecule has 0 saturated carbocycles. The number of rotatable bonds is 4. The minimum atomic E-state index is -0.780. The second-order valence-electron chi connectivity index (χ2n) is 4.26. The summed E-state index contributed by atoms with van der Waals surface area (Å²) in [6.45, 7) is 4.22. The van der Waals surface area contributed by atoms with E-state index in [0.717, 1.165) is 29.0 Å². The van der Waals surface area contributed by atoms with Gasteiger partial charge in [-0.25, -0.2) is 0 Å². The molecule has 1 unspecified atom stereocenters. The highest BCUT2D eigenvalue weighted by molar-refractivity contribution is 5.68. The van der Waals surface area contributed by atoms with E-state index < -0.39 is 5.97 Å². The lowest BCUT2D eigenvalue weighted by atomic mass is 9.91. The fourth-order valence-electron chi connectivity index (χ4n) is 2.14. The van der Waals surface area contributed by atoms with Gasteiger partial charge in [0.1, 0.15) is 0 Å². The molecule has 0 bridgehead atoms. The Morgan fingerprint density at radius 1 is 1.41 bits per heavy atom. The largest absolute Gasteiger partial charge is 0.481 e. The van der Waals surface area contributed by atoms with E-state index in [2.05, 4.69) is 6.92 Å². The Kier molecular flexibility index (Phi) is 3.22. The van der Waals surface area contributed by atoms with Gasteiger partial charge in [0.2, 0.25) is 6.79 Å². The van der Waals surface area contributed by atoms with Crippen molar-refractivity contribution in [3.8, 4) is 11.5 Å². The van der Waals surface area contributed by atoms with E-state index in [1.807, 2.05) is 19.1 Å². The van der Waals surface area contributed by atoms with Gasteiger partial charge in [-0.1, -0.05) is 13.8 Å². The number of fused-ring (bicyclic) bond motifs is 1. The van der Waals surface area contributed by atoms with Crippen LogP contribution in [0.5, 0.6) is 11.5 Å². The normalized spacial score (nSPS) is 14.7. The van der Waals surface area contributed by atoms with Gasteiger partial charge in [-0.2, -0.15) is 0 Å². The highest BCUT2D eigenvalue weighted by atomic mass is 16.7. The molecule has 1 N–H and O–H groups in total. The summed E-state index contributed by atoms with van der Waals surface area (Å²) in [6.07, 6.45) is 0.989. The average molecular weight is 236 g/mol. The Morgan fingerprint density at radius 3 is 2.65 bits per heavy atom. The summed E-state index contributed by atoms with van der Waals surface area (Å²) < 4.78 is 10.6. The van der Waals surface area contributed by atoms with E-state index in [0.29, 0.717) is 0 Å². The van der Waals surface area contributed by atoms with Gasteiger partial charge < -0.3 is 14.6 Å². The molecule has 1 atom stereocenters. The molecule has 0 amide bonds. The Morgan fingerprint density at radius 2 is 2.06 bits per heavy atom. The smallest absolute Gasteiger partial charge is 0.303 e. The predicted octanol–water partition coefficient (Wildman–Crippen LogP) is 2.56. The van der Waals surface area contributed by atoms with Gasteiger partial charge in [0.15, 0.2) is 11.5 Å². The summed E-state index contributed by atoms with van der Waals surface area (Å²) in [6, 6.07) is 3.87. The van der Waals surface area contributed by atoms with Crippen LogP contribution in [0.4, 0.5) is 0 Å². The first-order chi connectivity index (χ1) is 8.11. The summed E-state index contributed by atoms with van der Waals surface area (Å²) >= 11 is 0. The van der Waals surface area contributed by atoms with E-state index in [1.54, 1.807) is 0 Å². The summed E-state index contributed by atoms with van der Waals surface area (Å²) in [4.78, 5) is 10.8. The van der Waals surface area contributed by atoms with Crippen LogP contribution in [0.3, 0.4) is 0 Å². The SMILES string of the molecule is CCc1cc2c(cc1C(C)CC(=O)O)OCO2. The van der Waals surface area contributed by atoms with Crippen molar-refractivity contribution in [3.05, 3.63) is 23.3 Å². The number of hydrogen-bond donors (Lipinski definition) is 1. The summed E-state index contributed by atoms with van der Waals surface area (Å²) in [5, 5.41) is 8.85. The van der Waals surface area contributed by atoms with Gasteiger partial charge >= 0.3 is 5.97 Å². The fraction of sp³-hybridized carbons (Fsp3) is 0.462. The molecule has 2 rings (SSSR count). The average Bonchev–Trinajstić information content (AvgIpc) is 2.73. The van der Waals surface area contributed by atoms with Crippen LogP contribution in [0, 0.1) is 0 Å². The van der Waals surface area contributed by atoms with Gasteiger partial charge in [-0.15, -0.1) is 0 Å². The third-order valence-electron chi connectivity index (χ3n) is 3.03. The van der Waals surface area contributed by atoms with Crippen molar-refractivity contribution in [1.82, 2.24) is 0 Å². The number of hydrogen-bond acceptors (Lipinski definition) is 3. The number of benzene rings is 1. The quantitative estimate of drug-likeness (QED) is 0.872. The number of ether oxygens (including phenoxy) is 2. The van der Waals surface area contributed by atoms with Crippen LogP contribution in [0.2, 0.25) is 0 Å². The van der Waals surface area contributed by atoms with Crippen molar-refractivity contribution >= 4 is 5.97 Å². The van der Waals surface area contributed by atoms with Crippen molar-refractivity contribution in [1.29, 1.82) is 0 Å². The lowest BCUT2D eigenvalue weighted by Gasteiger charge is -2.15. The van der Waals surface area contributed by atoms with E-state index in [-0.39, 0.29) is 19.1 Å². The molecule has 1 aromatic rings. The van der Waals surface area contributed by atoms with E-state index >= 15 is 0 Å².